The Hall–Kier alpha value is -0.800. The SMILES string of the molecule is N#CCC(N1CCOCC1)C(F)(F)F. The summed E-state index contributed by atoms with van der Waals surface area (Å²) in [6.45, 7) is 1.09. The molecule has 14 heavy (non-hydrogen) atoms. The molecule has 1 aliphatic heterocycles. The summed E-state index contributed by atoms with van der Waals surface area (Å²) in [4.78, 5) is 1.26. The predicted molar refractivity (Wildman–Crippen MR) is 42.5 cm³/mol. The Kier molecular flexibility index (Phi) is 3.72. The number of halogens is 3. The smallest absolute Gasteiger partial charge is 0.379 e. The third kappa shape index (κ3) is 2.86. The van der Waals surface area contributed by atoms with E-state index in [1.807, 2.05) is 0 Å². The van der Waals surface area contributed by atoms with Gasteiger partial charge < -0.3 is 4.74 Å². The third-order valence-corrected chi connectivity index (χ3v) is 2.15. The zero-order valence-electron chi connectivity index (χ0n) is 7.55. The number of nitriles is 1. The molecule has 6 heteroatoms. The van der Waals surface area contributed by atoms with Crippen molar-refractivity contribution in [1.29, 1.82) is 5.26 Å². The average Bonchev–Trinajstić information content (AvgIpc) is 2.14. The van der Waals surface area contributed by atoms with E-state index in [9.17, 15) is 13.2 Å². The number of alkyl halides is 3. The van der Waals surface area contributed by atoms with E-state index in [4.69, 9.17) is 10.00 Å². The number of hydrogen-bond donors (Lipinski definition) is 0. The predicted octanol–water partition coefficient (Wildman–Crippen LogP) is 1.16. The molecule has 1 saturated heterocycles. The number of hydrogen-bond acceptors (Lipinski definition) is 3. The van der Waals surface area contributed by atoms with E-state index in [2.05, 4.69) is 0 Å². The van der Waals surface area contributed by atoms with Crippen molar-refractivity contribution in [2.75, 3.05) is 26.3 Å². The van der Waals surface area contributed by atoms with Crippen LogP contribution in [0.15, 0.2) is 0 Å². The Morgan fingerprint density at radius 1 is 1.36 bits per heavy atom. The standard InChI is InChI=1S/C8H11F3N2O/c9-8(10,11)7(1-2-12)13-3-5-14-6-4-13/h7H,1,3-6H2. The fourth-order valence-electron chi connectivity index (χ4n) is 1.43. The summed E-state index contributed by atoms with van der Waals surface area (Å²) in [6.07, 6.45) is -4.84. The van der Waals surface area contributed by atoms with Crippen LogP contribution in [0.1, 0.15) is 6.42 Å². The molecular formula is C8H11F3N2O. The van der Waals surface area contributed by atoms with Crippen molar-refractivity contribution in [1.82, 2.24) is 4.90 Å². The lowest BCUT2D eigenvalue weighted by Crippen LogP contribution is -2.50. The molecule has 1 fully saturated rings. The zero-order valence-corrected chi connectivity index (χ0v) is 7.55. The van der Waals surface area contributed by atoms with Gasteiger partial charge in [-0.05, 0) is 0 Å². The summed E-state index contributed by atoms with van der Waals surface area (Å²) in [7, 11) is 0. The van der Waals surface area contributed by atoms with E-state index in [0.29, 0.717) is 13.2 Å². The van der Waals surface area contributed by atoms with Gasteiger partial charge in [0, 0.05) is 13.1 Å². The first-order chi connectivity index (χ1) is 6.55. The van der Waals surface area contributed by atoms with Gasteiger partial charge in [-0.1, -0.05) is 0 Å². The Morgan fingerprint density at radius 3 is 2.36 bits per heavy atom. The summed E-state index contributed by atoms with van der Waals surface area (Å²) in [5, 5.41) is 8.32. The highest BCUT2D eigenvalue weighted by Gasteiger charge is 2.43. The van der Waals surface area contributed by atoms with Crippen molar-refractivity contribution >= 4 is 0 Å². The van der Waals surface area contributed by atoms with Crippen LogP contribution >= 0.6 is 0 Å². The Balaban J connectivity index is 2.62. The van der Waals surface area contributed by atoms with Gasteiger partial charge in [-0.2, -0.15) is 18.4 Å². The highest BCUT2D eigenvalue weighted by molar-refractivity contribution is 4.88. The van der Waals surface area contributed by atoms with E-state index < -0.39 is 18.6 Å². The van der Waals surface area contributed by atoms with Crippen LogP contribution in [0.2, 0.25) is 0 Å². The van der Waals surface area contributed by atoms with Gasteiger partial charge in [0.2, 0.25) is 0 Å². The minimum absolute atomic E-state index is 0.242. The summed E-state index contributed by atoms with van der Waals surface area (Å²) in [5.74, 6) is 0. The van der Waals surface area contributed by atoms with Gasteiger partial charge in [-0.25, -0.2) is 0 Å². The molecule has 0 saturated carbocycles. The summed E-state index contributed by atoms with van der Waals surface area (Å²) >= 11 is 0. The molecule has 0 N–H and O–H groups in total. The number of morpholine rings is 1. The van der Waals surface area contributed by atoms with E-state index in [0.717, 1.165) is 0 Å². The van der Waals surface area contributed by atoms with Crippen molar-refractivity contribution in [3.63, 3.8) is 0 Å². The number of ether oxygens (including phenoxy) is 1. The van der Waals surface area contributed by atoms with Gasteiger partial charge in [0.25, 0.3) is 0 Å². The topological polar surface area (TPSA) is 36.3 Å². The van der Waals surface area contributed by atoms with Crippen molar-refractivity contribution in [2.24, 2.45) is 0 Å². The molecule has 0 aromatic heterocycles. The van der Waals surface area contributed by atoms with Gasteiger partial charge >= 0.3 is 6.18 Å². The van der Waals surface area contributed by atoms with Crippen LogP contribution in [-0.2, 0) is 4.74 Å². The first-order valence-electron chi connectivity index (χ1n) is 4.31. The van der Waals surface area contributed by atoms with Crippen molar-refractivity contribution in [3.8, 4) is 6.07 Å². The highest BCUT2D eigenvalue weighted by Crippen LogP contribution is 2.27. The Bertz CT molecular complexity index is 218. The normalized spacial score (nSPS) is 21.6. The van der Waals surface area contributed by atoms with E-state index in [1.54, 1.807) is 6.07 Å². The molecule has 0 aromatic carbocycles. The van der Waals surface area contributed by atoms with Gasteiger partial charge in [0.1, 0.15) is 6.04 Å². The maximum Gasteiger partial charge on any atom is 0.405 e. The molecule has 1 atom stereocenters. The highest BCUT2D eigenvalue weighted by atomic mass is 19.4. The second-order valence-corrected chi connectivity index (χ2v) is 3.07. The van der Waals surface area contributed by atoms with E-state index >= 15 is 0 Å². The van der Waals surface area contributed by atoms with Crippen LogP contribution in [0, 0.1) is 11.3 Å². The molecular weight excluding hydrogens is 197 g/mol. The molecule has 1 heterocycles. The quantitative estimate of drug-likeness (QED) is 0.683. The Labute approximate surface area is 80.1 Å². The molecule has 3 nitrogen and oxygen atoms in total. The summed E-state index contributed by atoms with van der Waals surface area (Å²) < 4.78 is 42.3. The van der Waals surface area contributed by atoms with E-state index in [-0.39, 0.29) is 13.1 Å². The van der Waals surface area contributed by atoms with Crippen molar-refractivity contribution in [3.05, 3.63) is 0 Å². The third-order valence-electron chi connectivity index (χ3n) is 2.15. The van der Waals surface area contributed by atoms with Crippen molar-refractivity contribution in [2.45, 2.75) is 18.6 Å². The fraction of sp³-hybridized carbons (Fsp3) is 0.875. The minimum Gasteiger partial charge on any atom is -0.379 e. The van der Waals surface area contributed by atoms with E-state index in [1.165, 1.54) is 4.90 Å². The number of nitrogens with zero attached hydrogens (tertiary/aromatic N) is 2. The maximum atomic E-state index is 12.5. The minimum atomic E-state index is -4.33. The molecule has 0 aliphatic carbocycles. The first-order valence-corrected chi connectivity index (χ1v) is 4.31. The lowest BCUT2D eigenvalue weighted by Gasteiger charge is -2.34. The van der Waals surface area contributed by atoms with Crippen LogP contribution in [0.5, 0.6) is 0 Å². The second-order valence-electron chi connectivity index (χ2n) is 3.07. The summed E-state index contributed by atoms with van der Waals surface area (Å²) in [5.41, 5.74) is 0. The largest absolute Gasteiger partial charge is 0.405 e. The molecule has 0 radical (unpaired) electrons. The van der Waals surface area contributed by atoms with Crippen LogP contribution in [-0.4, -0.2) is 43.4 Å². The van der Waals surface area contributed by atoms with Gasteiger partial charge in [0.15, 0.2) is 0 Å². The Morgan fingerprint density at radius 2 is 1.93 bits per heavy atom. The van der Waals surface area contributed by atoms with Crippen LogP contribution in [0.3, 0.4) is 0 Å². The van der Waals surface area contributed by atoms with Crippen LogP contribution in [0.25, 0.3) is 0 Å². The maximum absolute atomic E-state index is 12.5. The zero-order chi connectivity index (χ0) is 10.6. The molecule has 1 aliphatic rings. The second kappa shape index (κ2) is 4.62. The molecule has 0 bridgehead atoms. The molecule has 1 rings (SSSR count). The molecule has 1 unspecified atom stereocenters. The summed E-state index contributed by atoms with van der Waals surface area (Å²) in [6, 6.07) is -0.0731. The van der Waals surface area contributed by atoms with Crippen molar-refractivity contribution < 1.29 is 17.9 Å². The molecule has 0 spiro atoms. The monoisotopic (exact) mass is 208 g/mol. The average molecular weight is 208 g/mol. The fourth-order valence-corrected chi connectivity index (χ4v) is 1.43. The molecule has 80 valence electrons. The van der Waals surface area contributed by atoms with Gasteiger partial charge in [0.05, 0.1) is 25.7 Å². The lowest BCUT2D eigenvalue weighted by molar-refractivity contribution is -0.190. The van der Waals surface area contributed by atoms with Crippen LogP contribution < -0.4 is 0 Å². The van der Waals surface area contributed by atoms with Crippen LogP contribution in [0.4, 0.5) is 13.2 Å². The van der Waals surface area contributed by atoms with Gasteiger partial charge in [-0.15, -0.1) is 0 Å². The number of rotatable bonds is 2. The molecule has 0 amide bonds. The first kappa shape index (κ1) is 11.3. The molecule has 0 aromatic rings. The van der Waals surface area contributed by atoms with Gasteiger partial charge in [-0.3, -0.25) is 4.90 Å². The lowest BCUT2D eigenvalue weighted by atomic mass is 10.1.